The van der Waals surface area contributed by atoms with Crippen LogP contribution in [0.1, 0.15) is 220 Å². The van der Waals surface area contributed by atoms with Crippen LogP contribution in [0.25, 0.3) is 0 Å². The number of amides is 1. The van der Waals surface area contributed by atoms with E-state index in [1.807, 2.05) is 14.1 Å². The van der Waals surface area contributed by atoms with Crippen molar-refractivity contribution in [2.45, 2.75) is 226 Å². The van der Waals surface area contributed by atoms with Crippen LogP contribution >= 0.6 is 0 Å². The summed E-state index contributed by atoms with van der Waals surface area (Å²) >= 11 is 0. The fourth-order valence-corrected chi connectivity index (χ4v) is 6.95. The van der Waals surface area contributed by atoms with Crippen LogP contribution in [-0.2, 0) is 14.3 Å². The molecule has 0 aromatic carbocycles. The number of nitrogens with zero attached hydrogens (tertiary/aromatic N) is 2. The van der Waals surface area contributed by atoms with E-state index in [1.165, 1.54) is 154 Å². The van der Waals surface area contributed by atoms with Gasteiger partial charge in [-0.1, -0.05) is 163 Å². The third-order valence-electron chi connectivity index (χ3n) is 10.5. The van der Waals surface area contributed by atoms with E-state index in [0.29, 0.717) is 31.4 Å². The molecule has 48 heavy (non-hydrogen) atoms. The van der Waals surface area contributed by atoms with Crippen molar-refractivity contribution in [2.24, 2.45) is 5.92 Å². The monoisotopic (exact) mass is 679 g/mol. The highest BCUT2D eigenvalue weighted by Crippen LogP contribution is 2.22. The van der Waals surface area contributed by atoms with Gasteiger partial charge in [0.2, 0.25) is 5.91 Å². The number of carbonyl (C=O) groups excluding carboxylic acids is 2. The molecule has 5 nitrogen and oxygen atoms in total. The van der Waals surface area contributed by atoms with Crippen molar-refractivity contribution in [2.75, 3.05) is 33.8 Å². The fraction of sp³-hybridized carbons (Fsp3) is 0.953. The SMILES string of the molecule is CCCCCCCCCC(CCCCCCCCC(=O)OCC(CC)CCCC)N(CCCCCCCCC)CCCCC(=O)N(C)C. The molecule has 0 radical (unpaired) electrons. The van der Waals surface area contributed by atoms with Crippen LogP contribution in [0.4, 0.5) is 0 Å². The van der Waals surface area contributed by atoms with E-state index in [1.54, 1.807) is 4.90 Å². The molecular formula is C43H86N2O3. The Morgan fingerprint density at radius 2 is 0.938 bits per heavy atom. The summed E-state index contributed by atoms with van der Waals surface area (Å²) in [7, 11) is 3.75. The lowest BCUT2D eigenvalue weighted by atomic mass is 9.97. The van der Waals surface area contributed by atoms with E-state index in [0.717, 1.165) is 38.6 Å². The van der Waals surface area contributed by atoms with Gasteiger partial charge in [-0.05, 0) is 64.0 Å². The Bertz CT molecular complexity index is 698. The Hall–Kier alpha value is -1.10. The van der Waals surface area contributed by atoms with Crippen molar-refractivity contribution in [3.05, 3.63) is 0 Å². The summed E-state index contributed by atoms with van der Waals surface area (Å²) in [4.78, 5) is 29.0. The van der Waals surface area contributed by atoms with Crippen LogP contribution in [0.2, 0.25) is 0 Å². The molecule has 0 saturated carbocycles. The van der Waals surface area contributed by atoms with Gasteiger partial charge in [0.1, 0.15) is 0 Å². The van der Waals surface area contributed by atoms with Gasteiger partial charge in [0.05, 0.1) is 6.61 Å². The maximum Gasteiger partial charge on any atom is 0.305 e. The minimum absolute atomic E-state index is 0.00489. The summed E-state index contributed by atoms with van der Waals surface area (Å²) in [6, 6.07) is 0.685. The molecule has 0 heterocycles. The lowest BCUT2D eigenvalue weighted by Gasteiger charge is -2.32. The number of esters is 1. The second-order valence-electron chi connectivity index (χ2n) is 15.2. The van der Waals surface area contributed by atoms with Gasteiger partial charge in [-0.15, -0.1) is 0 Å². The maximum atomic E-state index is 12.2. The highest BCUT2D eigenvalue weighted by Gasteiger charge is 2.18. The Morgan fingerprint density at radius 1 is 0.500 bits per heavy atom. The average Bonchev–Trinajstić information content (AvgIpc) is 3.08. The molecule has 5 heteroatoms. The van der Waals surface area contributed by atoms with Gasteiger partial charge in [-0.3, -0.25) is 9.59 Å². The van der Waals surface area contributed by atoms with Crippen molar-refractivity contribution in [1.82, 2.24) is 9.80 Å². The molecule has 0 aliphatic carbocycles. The fourth-order valence-electron chi connectivity index (χ4n) is 6.95. The highest BCUT2D eigenvalue weighted by molar-refractivity contribution is 5.75. The van der Waals surface area contributed by atoms with E-state index in [9.17, 15) is 9.59 Å². The van der Waals surface area contributed by atoms with Crippen molar-refractivity contribution >= 4 is 11.9 Å². The third-order valence-corrected chi connectivity index (χ3v) is 10.5. The lowest BCUT2D eigenvalue weighted by molar-refractivity contribution is -0.145. The van der Waals surface area contributed by atoms with Crippen LogP contribution in [0.3, 0.4) is 0 Å². The number of ether oxygens (including phenoxy) is 1. The van der Waals surface area contributed by atoms with Gasteiger partial charge in [0, 0.05) is 33.0 Å². The first-order chi connectivity index (χ1) is 23.4. The second-order valence-corrected chi connectivity index (χ2v) is 15.2. The van der Waals surface area contributed by atoms with Gasteiger partial charge in [-0.2, -0.15) is 0 Å². The largest absolute Gasteiger partial charge is 0.465 e. The van der Waals surface area contributed by atoms with E-state index in [4.69, 9.17) is 4.74 Å². The number of hydrogen-bond donors (Lipinski definition) is 0. The molecule has 0 bridgehead atoms. The number of carbonyl (C=O) groups is 2. The standard InChI is InChI=1S/C43H86N2O3/c1-7-11-14-16-18-22-26-33-41(34-27-23-19-20-24-28-36-43(47)48-39-40(10-4)32-13-9-3)45(37-30-25-21-17-15-12-8-2)38-31-29-35-42(46)44(5)6/h40-41H,7-39H2,1-6H3. The number of rotatable bonds is 37. The third kappa shape index (κ3) is 29.8. The van der Waals surface area contributed by atoms with Gasteiger partial charge in [-0.25, -0.2) is 0 Å². The zero-order valence-electron chi connectivity index (χ0n) is 33.6. The number of hydrogen-bond acceptors (Lipinski definition) is 4. The molecule has 0 spiro atoms. The molecule has 0 saturated heterocycles. The Kier molecular flexibility index (Phi) is 34.9. The first kappa shape index (κ1) is 46.9. The second kappa shape index (κ2) is 35.7. The van der Waals surface area contributed by atoms with E-state index >= 15 is 0 Å². The lowest BCUT2D eigenvalue weighted by Crippen LogP contribution is -2.37. The van der Waals surface area contributed by atoms with Crippen molar-refractivity contribution in [3.8, 4) is 0 Å². The molecule has 0 N–H and O–H groups in total. The van der Waals surface area contributed by atoms with Gasteiger partial charge in [0.25, 0.3) is 0 Å². The molecule has 0 aromatic rings. The Morgan fingerprint density at radius 3 is 1.44 bits per heavy atom. The minimum Gasteiger partial charge on any atom is -0.465 e. The topological polar surface area (TPSA) is 49.9 Å². The van der Waals surface area contributed by atoms with Crippen LogP contribution in [0, 0.1) is 5.92 Å². The van der Waals surface area contributed by atoms with Crippen LogP contribution in [0.15, 0.2) is 0 Å². The minimum atomic E-state index is 0.00489. The molecule has 2 atom stereocenters. The summed E-state index contributed by atoms with van der Waals surface area (Å²) in [5.74, 6) is 0.797. The van der Waals surface area contributed by atoms with Crippen molar-refractivity contribution < 1.29 is 14.3 Å². The molecule has 0 aliphatic heterocycles. The summed E-state index contributed by atoms with van der Waals surface area (Å²) in [5.41, 5.74) is 0. The van der Waals surface area contributed by atoms with Crippen molar-refractivity contribution in [3.63, 3.8) is 0 Å². The quantitative estimate of drug-likeness (QED) is 0.0485. The summed E-state index contributed by atoms with van der Waals surface area (Å²) in [5, 5.41) is 0. The summed E-state index contributed by atoms with van der Waals surface area (Å²) in [6.45, 7) is 12.0. The van der Waals surface area contributed by atoms with Gasteiger partial charge < -0.3 is 14.5 Å². The highest BCUT2D eigenvalue weighted by atomic mass is 16.5. The van der Waals surface area contributed by atoms with Crippen molar-refractivity contribution in [1.29, 1.82) is 0 Å². The molecule has 0 aliphatic rings. The summed E-state index contributed by atoms with van der Waals surface area (Å²) in [6.07, 6.45) is 37.1. The number of unbranched alkanes of at least 4 members (excludes halogenated alkanes) is 19. The normalized spacial score (nSPS) is 12.8. The molecule has 286 valence electrons. The smallest absolute Gasteiger partial charge is 0.305 e. The zero-order chi connectivity index (χ0) is 35.5. The Labute approximate surface area is 301 Å². The van der Waals surface area contributed by atoms with Gasteiger partial charge in [0.15, 0.2) is 0 Å². The van der Waals surface area contributed by atoms with Crippen LogP contribution in [-0.4, -0.2) is 61.5 Å². The Balaban J connectivity index is 4.79. The zero-order valence-corrected chi connectivity index (χ0v) is 33.6. The van der Waals surface area contributed by atoms with E-state index < -0.39 is 0 Å². The molecule has 0 rings (SSSR count). The molecule has 0 aromatic heterocycles. The molecule has 2 unspecified atom stereocenters. The first-order valence-electron chi connectivity index (χ1n) is 21.5. The maximum absolute atomic E-state index is 12.2. The molecule has 0 fully saturated rings. The average molecular weight is 679 g/mol. The first-order valence-corrected chi connectivity index (χ1v) is 21.5. The van der Waals surface area contributed by atoms with E-state index in [-0.39, 0.29) is 11.9 Å². The summed E-state index contributed by atoms with van der Waals surface area (Å²) < 4.78 is 5.60. The predicted octanol–water partition coefficient (Wildman–Crippen LogP) is 12.7. The molecule has 1 amide bonds. The van der Waals surface area contributed by atoms with Crippen LogP contribution in [0.5, 0.6) is 0 Å². The van der Waals surface area contributed by atoms with E-state index in [2.05, 4.69) is 32.6 Å². The van der Waals surface area contributed by atoms with Crippen LogP contribution < -0.4 is 0 Å². The molecular weight excluding hydrogens is 592 g/mol. The predicted molar refractivity (Wildman–Crippen MR) is 210 cm³/mol. The van der Waals surface area contributed by atoms with Gasteiger partial charge >= 0.3 is 5.97 Å².